The molecule has 2 nitrogen and oxygen atoms in total. The number of hydrogen-bond acceptors (Lipinski definition) is 2. The average molecular weight is 565 g/mol. The molecule has 8 aromatic rings. The third kappa shape index (κ3) is 4.66. The highest BCUT2D eigenvalue weighted by Crippen LogP contribution is 2.38. The summed E-state index contributed by atoms with van der Waals surface area (Å²) < 4.78 is 0. The van der Waals surface area contributed by atoms with Gasteiger partial charge in [-0.1, -0.05) is 152 Å². The number of nitrogens with one attached hydrogen (secondary N) is 1. The number of benzene rings is 8. The molecule has 2 heteroatoms. The van der Waals surface area contributed by atoms with E-state index in [4.69, 9.17) is 5.73 Å². The Balaban J connectivity index is 1.33. The van der Waals surface area contributed by atoms with E-state index in [1.807, 2.05) is 18.2 Å². The van der Waals surface area contributed by atoms with Gasteiger partial charge in [-0.05, 0) is 77.5 Å². The van der Waals surface area contributed by atoms with Gasteiger partial charge in [0.15, 0.2) is 0 Å². The van der Waals surface area contributed by atoms with Crippen LogP contribution < -0.4 is 11.1 Å². The number of rotatable bonds is 6. The monoisotopic (exact) mass is 564 g/mol. The molecule has 8 aromatic carbocycles. The largest absolute Gasteiger partial charge is 0.366 e. The van der Waals surface area contributed by atoms with Gasteiger partial charge in [-0.25, -0.2) is 0 Å². The molecule has 0 bridgehead atoms. The zero-order valence-electron chi connectivity index (χ0n) is 24.4. The lowest BCUT2D eigenvalue weighted by Crippen LogP contribution is -2.27. The first-order chi connectivity index (χ1) is 21.7. The summed E-state index contributed by atoms with van der Waals surface area (Å²) in [5.74, 6) is 0. The fourth-order valence-corrected chi connectivity index (χ4v) is 6.67. The van der Waals surface area contributed by atoms with Gasteiger partial charge in [0.05, 0.1) is 0 Å². The van der Waals surface area contributed by atoms with Gasteiger partial charge in [0.1, 0.15) is 6.17 Å². The number of fused-ring (bicyclic) bond motifs is 7. The molecule has 0 saturated carbocycles. The normalized spacial score (nSPS) is 12.8. The fraction of sp³-hybridized carbons (Fsp3) is 0.0476. The summed E-state index contributed by atoms with van der Waals surface area (Å²) in [6, 6.07) is 54.3. The first-order valence-corrected chi connectivity index (χ1v) is 15.2. The molecule has 0 saturated heterocycles. The summed E-state index contributed by atoms with van der Waals surface area (Å²) in [7, 11) is 0. The summed E-state index contributed by atoms with van der Waals surface area (Å²) in [5.41, 5.74) is 11.4. The first kappa shape index (κ1) is 26.2. The molecular formula is C42H32N2. The molecule has 0 aliphatic carbocycles. The van der Waals surface area contributed by atoms with Crippen molar-refractivity contribution < 1.29 is 0 Å². The van der Waals surface area contributed by atoms with E-state index in [1.54, 1.807) is 0 Å². The number of hydrogen-bond donors (Lipinski definition) is 2. The van der Waals surface area contributed by atoms with Crippen LogP contribution in [-0.4, -0.2) is 0 Å². The highest BCUT2D eigenvalue weighted by Gasteiger charge is 2.17. The minimum Gasteiger partial charge on any atom is -0.366 e. The Morgan fingerprint density at radius 3 is 1.89 bits per heavy atom. The van der Waals surface area contributed by atoms with E-state index >= 15 is 0 Å². The minimum atomic E-state index is -0.366. The Bertz CT molecular complexity index is 2350. The quantitative estimate of drug-likeness (QED) is 0.120. The van der Waals surface area contributed by atoms with Crippen LogP contribution in [-0.2, 0) is 6.42 Å². The van der Waals surface area contributed by atoms with E-state index in [1.165, 1.54) is 65.0 Å². The molecule has 0 aliphatic rings. The van der Waals surface area contributed by atoms with Crippen LogP contribution in [0.25, 0.3) is 59.6 Å². The zero-order chi connectivity index (χ0) is 29.5. The van der Waals surface area contributed by atoms with Crippen LogP contribution >= 0.6 is 0 Å². The maximum atomic E-state index is 6.88. The highest BCUT2D eigenvalue weighted by molar-refractivity contribution is 6.19. The van der Waals surface area contributed by atoms with Crippen LogP contribution in [0.5, 0.6) is 0 Å². The number of nitrogens with two attached hydrogens (primary N) is 1. The summed E-state index contributed by atoms with van der Waals surface area (Å²) in [6.07, 6.45) is 2.73. The van der Waals surface area contributed by atoms with Gasteiger partial charge in [-0.15, -0.1) is 0 Å². The van der Waals surface area contributed by atoms with Crippen molar-refractivity contribution in [2.45, 2.75) is 12.6 Å². The lowest BCUT2D eigenvalue weighted by Gasteiger charge is -2.22. The summed E-state index contributed by atoms with van der Waals surface area (Å²) in [5, 5.41) is 16.2. The Hall–Kier alpha value is -5.44. The topological polar surface area (TPSA) is 38.0 Å². The molecule has 0 spiro atoms. The SMILES string of the molecule is NC(N/C(=C\Cc1ccc2c(ccc3ccccc32)c1)c1c2ccccc2cc2ccc3ccccc3c12)c1ccccc1. The minimum absolute atomic E-state index is 0.366. The van der Waals surface area contributed by atoms with Crippen LogP contribution in [0.15, 0.2) is 158 Å². The van der Waals surface area contributed by atoms with Crippen molar-refractivity contribution in [2.75, 3.05) is 0 Å². The maximum Gasteiger partial charge on any atom is 0.101 e. The molecule has 8 rings (SSSR count). The second kappa shape index (κ2) is 11.0. The van der Waals surface area contributed by atoms with Gasteiger partial charge in [0, 0.05) is 11.3 Å². The summed E-state index contributed by atoms with van der Waals surface area (Å²) >= 11 is 0. The van der Waals surface area contributed by atoms with Gasteiger partial charge in [0.2, 0.25) is 0 Å². The van der Waals surface area contributed by atoms with Crippen LogP contribution in [0.2, 0.25) is 0 Å². The van der Waals surface area contributed by atoms with Gasteiger partial charge in [-0.3, -0.25) is 0 Å². The predicted octanol–water partition coefficient (Wildman–Crippen LogP) is 10.3. The molecule has 0 heterocycles. The van der Waals surface area contributed by atoms with Gasteiger partial charge < -0.3 is 11.1 Å². The van der Waals surface area contributed by atoms with Crippen molar-refractivity contribution >= 4 is 59.6 Å². The first-order valence-electron chi connectivity index (χ1n) is 15.2. The van der Waals surface area contributed by atoms with Crippen LogP contribution in [0.4, 0.5) is 0 Å². The Labute approximate surface area is 257 Å². The van der Waals surface area contributed by atoms with Crippen molar-refractivity contribution in [3.63, 3.8) is 0 Å². The third-order valence-electron chi connectivity index (χ3n) is 8.84. The van der Waals surface area contributed by atoms with Crippen molar-refractivity contribution in [3.05, 3.63) is 174 Å². The molecule has 0 aliphatic heterocycles. The lowest BCUT2D eigenvalue weighted by molar-refractivity contribution is 0.666. The number of allylic oxidation sites excluding steroid dienone is 1. The van der Waals surface area contributed by atoms with Gasteiger partial charge in [0.25, 0.3) is 0 Å². The summed E-state index contributed by atoms with van der Waals surface area (Å²) in [4.78, 5) is 0. The molecule has 0 radical (unpaired) electrons. The standard InChI is InChI=1S/C42H32N2/c43-42(31-12-2-1-3-13-31)44-39(25-19-28-18-24-36-33(26-28)22-20-29-10-4-7-15-35(29)36)41-38-17-9-6-14-32(38)27-34-23-21-30-11-5-8-16-37(30)40(34)41/h1-18,20-27,42,44H,19,43H2/b39-25-. The molecule has 44 heavy (non-hydrogen) atoms. The fourth-order valence-electron chi connectivity index (χ4n) is 6.67. The van der Waals surface area contributed by atoms with Crippen LogP contribution in [0.1, 0.15) is 22.9 Å². The molecule has 3 N–H and O–H groups in total. The predicted molar refractivity (Wildman–Crippen MR) is 189 cm³/mol. The molecule has 0 aromatic heterocycles. The van der Waals surface area contributed by atoms with E-state index in [9.17, 15) is 0 Å². The van der Waals surface area contributed by atoms with E-state index in [0.717, 1.165) is 17.7 Å². The molecular weight excluding hydrogens is 532 g/mol. The van der Waals surface area contributed by atoms with E-state index in [-0.39, 0.29) is 6.17 Å². The lowest BCUT2D eigenvalue weighted by atomic mass is 9.90. The van der Waals surface area contributed by atoms with Crippen molar-refractivity contribution in [1.82, 2.24) is 5.32 Å². The smallest absolute Gasteiger partial charge is 0.101 e. The van der Waals surface area contributed by atoms with Crippen LogP contribution in [0.3, 0.4) is 0 Å². The van der Waals surface area contributed by atoms with Gasteiger partial charge >= 0.3 is 0 Å². The van der Waals surface area contributed by atoms with E-state index < -0.39 is 0 Å². The molecule has 1 atom stereocenters. The second-order valence-corrected chi connectivity index (χ2v) is 11.6. The van der Waals surface area contributed by atoms with Crippen molar-refractivity contribution in [2.24, 2.45) is 5.73 Å². The highest BCUT2D eigenvalue weighted by atomic mass is 15.0. The molecule has 1 unspecified atom stereocenters. The van der Waals surface area contributed by atoms with E-state index in [0.29, 0.717) is 0 Å². The Kier molecular flexibility index (Phi) is 6.55. The third-order valence-corrected chi connectivity index (χ3v) is 8.84. The molecule has 210 valence electrons. The average Bonchev–Trinajstić information content (AvgIpc) is 3.09. The summed E-state index contributed by atoms with van der Waals surface area (Å²) in [6.45, 7) is 0. The zero-order valence-corrected chi connectivity index (χ0v) is 24.4. The maximum absolute atomic E-state index is 6.88. The Morgan fingerprint density at radius 1 is 0.523 bits per heavy atom. The van der Waals surface area contributed by atoms with Crippen molar-refractivity contribution in [3.8, 4) is 0 Å². The van der Waals surface area contributed by atoms with Crippen LogP contribution in [0, 0.1) is 0 Å². The van der Waals surface area contributed by atoms with Crippen molar-refractivity contribution in [1.29, 1.82) is 0 Å². The molecule has 0 amide bonds. The Morgan fingerprint density at radius 2 is 1.09 bits per heavy atom. The van der Waals surface area contributed by atoms with E-state index in [2.05, 4.69) is 145 Å². The second-order valence-electron chi connectivity index (χ2n) is 11.6. The molecule has 0 fully saturated rings. The van der Waals surface area contributed by atoms with Gasteiger partial charge in [-0.2, -0.15) is 0 Å².